The van der Waals surface area contributed by atoms with Gasteiger partial charge in [-0.15, -0.1) is 0 Å². The Labute approximate surface area is 119 Å². The molecule has 4 nitrogen and oxygen atoms in total. The third kappa shape index (κ3) is 3.00. The van der Waals surface area contributed by atoms with E-state index in [9.17, 15) is 9.59 Å². The number of hydrogen-bond donors (Lipinski definition) is 2. The van der Waals surface area contributed by atoms with Gasteiger partial charge < -0.3 is 10.4 Å². The highest BCUT2D eigenvalue weighted by atomic mass is 16.4. The van der Waals surface area contributed by atoms with E-state index >= 15 is 0 Å². The van der Waals surface area contributed by atoms with Crippen molar-refractivity contribution in [2.75, 3.05) is 0 Å². The van der Waals surface area contributed by atoms with E-state index in [1.807, 2.05) is 30.3 Å². The van der Waals surface area contributed by atoms with Gasteiger partial charge in [0.05, 0.1) is 11.8 Å². The highest BCUT2D eigenvalue weighted by Gasteiger charge is 2.42. The number of carbonyl (C=O) groups is 2. The number of nitrogens with one attached hydrogen (secondary N) is 1. The van der Waals surface area contributed by atoms with Crippen LogP contribution in [0, 0.1) is 0 Å². The Bertz CT molecular complexity index is 478. The minimum Gasteiger partial charge on any atom is -0.481 e. The SMILES string of the molecule is CC(CC(=O)O)NC(=O)C1(c2ccccc2)CCCC1. The summed E-state index contributed by atoms with van der Waals surface area (Å²) in [5.41, 5.74) is 0.561. The number of rotatable bonds is 5. The van der Waals surface area contributed by atoms with E-state index in [0.717, 1.165) is 31.2 Å². The summed E-state index contributed by atoms with van der Waals surface area (Å²) in [6.07, 6.45) is 3.70. The van der Waals surface area contributed by atoms with Crippen LogP contribution in [0.1, 0.15) is 44.6 Å². The molecule has 1 amide bonds. The van der Waals surface area contributed by atoms with Crippen LogP contribution in [-0.4, -0.2) is 23.0 Å². The lowest BCUT2D eigenvalue weighted by Gasteiger charge is -2.29. The summed E-state index contributed by atoms with van der Waals surface area (Å²) in [5.74, 6) is -0.923. The molecular formula is C16H21NO3. The number of aliphatic carboxylic acids is 1. The second kappa shape index (κ2) is 6.07. The predicted octanol–water partition coefficient (Wildman–Crippen LogP) is 2.48. The largest absolute Gasteiger partial charge is 0.481 e. The first-order valence-electron chi connectivity index (χ1n) is 7.13. The van der Waals surface area contributed by atoms with Crippen LogP contribution in [0.5, 0.6) is 0 Å². The average Bonchev–Trinajstić information content (AvgIpc) is 2.89. The van der Waals surface area contributed by atoms with E-state index in [0.29, 0.717) is 0 Å². The quantitative estimate of drug-likeness (QED) is 0.867. The topological polar surface area (TPSA) is 66.4 Å². The Hall–Kier alpha value is -1.84. The lowest BCUT2D eigenvalue weighted by Crippen LogP contribution is -2.46. The first kappa shape index (κ1) is 14.6. The van der Waals surface area contributed by atoms with Crippen molar-refractivity contribution >= 4 is 11.9 Å². The molecule has 0 radical (unpaired) electrons. The molecule has 1 saturated carbocycles. The summed E-state index contributed by atoms with van der Waals surface area (Å²) < 4.78 is 0. The molecule has 1 aromatic carbocycles. The molecule has 20 heavy (non-hydrogen) atoms. The van der Waals surface area contributed by atoms with Crippen LogP contribution in [0.15, 0.2) is 30.3 Å². The number of benzene rings is 1. The fourth-order valence-corrected chi connectivity index (χ4v) is 3.06. The van der Waals surface area contributed by atoms with Crippen molar-refractivity contribution in [3.05, 3.63) is 35.9 Å². The first-order valence-corrected chi connectivity index (χ1v) is 7.13. The van der Waals surface area contributed by atoms with Gasteiger partial charge in [-0.25, -0.2) is 0 Å². The summed E-state index contributed by atoms with van der Waals surface area (Å²) in [7, 11) is 0. The van der Waals surface area contributed by atoms with Gasteiger partial charge in [-0.05, 0) is 25.3 Å². The highest BCUT2D eigenvalue weighted by molar-refractivity contribution is 5.89. The molecule has 0 aromatic heterocycles. The maximum atomic E-state index is 12.7. The van der Waals surface area contributed by atoms with E-state index < -0.39 is 11.4 Å². The monoisotopic (exact) mass is 275 g/mol. The van der Waals surface area contributed by atoms with E-state index in [1.165, 1.54) is 0 Å². The van der Waals surface area contributed by atoms with E-state index in [2.05, 4.69) is 5.32 Å². The molecule has 1 aliphatic carbocycles. The molecule has 2 rings (SSSR count). The van der Waals surface area contributed by atoms with Gasteiger partial charge in [0, 0.05) is 6.04 Å². The minimum atomic E-state index is -0.891. The molecule has 0 bridgehead atoms. The van der Waals surface area contributed by atoms with Crippen molar-refractivity contribution in [3.63, 3.8) is 0 Å². The number of carboxylic acids is 1. The average molecular weight is 275 g/mol. The molecule has 1 aliphatic rings. The lowest BCUT2D eigenvalue weighted by atomic mass is 9.78. The van der Waals surface area contributed by atoms with Crippen molar-refractivity contribution in [1.82, 2.24) is 5.32 Å². The van der Waals surface area contributed by atoms with Crippen molar-refractivity contribution in [1.29, 1.82) is 0 Å². The molecule has 0 saturated heterocycles. The van der Waals surface area contributed by atoms with Gasteiger partial charge in [0.2, 0.25) is 5.91 Å². The van der Waals surface area contributed by atoms with Crippen LogP contribution in [0.4, 0.5) is 0 Å². The van der Waals surface area contributed by atoms with Crippen molar-refractivity contribution in [2.24, 2.45) is 0 Å². The molecule has 1 aromatic rings. The third-order valence-corrected chi connectivity index (χ3v) is 4.08. The van der Waals surface area contributed by atoms with E-state index in [-0.39, 0.29) is 18.4 Å². The van der Waals surface area contributed by atoms with Gasteiger partial charge in [-0.2, -0.15) is 0 Å². The fourth-order valence-electron chi connectivity index (χ4n) is 3.06. The van der Waals surface area contributed by atoms with Crippen LogP contribution >= 0.6 is 0 Å². The molecular weight excluding hydrogens is 254 g/mol. The third-order valence-electron chi connectivity index (χ3n) is 4.08. The molecule has 0 heterocycles. The summed E-state index contributed by atoms with van der Waals surface area (Å²) in [5, 5.41) is 11.7. The Morgan fingerprint density at radius 1 is 1.25 bits per heavy atom. The molecule has 108 valence electrons. The molecule has 0 aliphatic heterocycles. The van der Waals surface area contributed by atoms with Crippen molar-refractivity contribution in [3.8, 4) is 0 Å². The predicted molar refractivity (Wildman–Crippen MR) is 76.4 cm³/mol. The Morgan fingerprint density at radius 3 is 2.40 bits per heavy atom. The molecule has 2 N–H and O–H groups in total. The standard InChI is InChI=1S/C16H21NO3/c1-12(11-14(18)19)17-15(20)16(9-5-6-10-16)13-7-3-2-4-8-13/h2-4,7-8,12H,5-6,9-11H2,1H3,(H,17,20)(H,18,19). The Kier molecular flexibility index (Phi) is 4.42. The van der Waals surface area contributed by atoms with Gasteiger partial charge in [0.1, 0.15) is 0 Å². The molecule has 0 spiro atoms. The normalized spacial score (nSPS) is 18.4. The zero-order chi connectivity index (χ0) is 14.6. The fraction of sp³-hybridized carbons (Fsp3) is 0.500. The van der Waals surface area contributed by atoms with Crippen LogP contribution in [-0.2, 0) is 15.0 Å². The van der Waals surface area contributed by atoms with Crippen LogP contribution < -0.4 is 5.32 Å². The Morgan fingerprint density at radius 2 is 1.85 bits per heavy atom. The van der Waals surface area contributed by atoms with Crippen molar-refractivity contribution < 1.29 is 14.7 Å². The molecule has 1 unspecified atom stereocenters. The maximum absolute atomic E-state index is 12.7. The summed E-state index contributed by atoms with van der Waals surface area (Å²) in [6, 6.07) is 9.48. The highest BCUT2D eigenvalue weighted by Crippen LogP contribution is 2.41. The number of carboxylic acid groups (broad SMARTS) is 1. The zero-order valence-corrected chi connectivity index (χ0v) is 11.8. The van der Waals surface area contributed by atoms with Gasteiger partial charge in [0.15, 0.2) is 0 Å². The smallest absolute Gasteiger partial charge is 0.305 e. The second-order valence-electron chi connectivity index (χ2n) is 5.63. The number of carbonyl (C=O) groups excluding carboxylic acids is 1. The van der Waals surface area contributed by atoms with E-state index in [4.69, 9.17) is 5.11 Å². The summed E-state index contributed by atoms with van der Waals surface area (Å²) in [4.78, 5) is 23.4. The first-order chi connectivity index (χ1) is 9.54. The summed E-state index contributed by atoms with van der Waals surface area (Å²) >= 11 is 0. The van der Waals surface area contributed by atoms with Gasteiger partial charge in [-0.3, -0.25) is 9.59 Å². The lowest BCUT2D eigenvalue weighted by molar-refractivity contribution is -0.137. The number of hydrogen-bond acceptors (Lipinski definition) is 2. The molecule has 1 atom stereocenters. The maximum Gasteiger partial charge on any atom is 0.305 e. The van der Waals surface area contributed by atoms with Crippen LogP contribution in [0.2, 0.25) is 0 Å². The van der Waals surface area contributed by atoms with Crippen molar-refractivity contribution in [2.45, 2.75) is 50.5 Å². The zero-order valence-electron chi connectivity index (χ0n) is 11.8. The van der Waals surface area contributed by atoms with Crippen LogP contribution in [0.25, 0.3) is 0 Å². The van der Waals surface area contributed by atoms with E-state index in [1.54, 1.807) is 6.92 Å². The van der Waals surface area contributed by atoms with Gasteiger partial charge >= 0.3 is 5.97 Å². The summed E-state index contributed by atoms with van der Waals surface area (Å²) in [6.45, 7) is 1.74. The molecule has 4 heteroatoms. The second-order valence-corrected chi connectivity index (χ2v) is 5.63. The van der Waals surface area contributed by atoms with Crippen LogP contribution in [0.3, 0.4) is 0 Å². The number of amides is 1. The molecule has 1 fully saturated rings. The van der Waals surface area contributed by atoms with Gasteiger partial charge in [0.25, 0.3) is 0 Å². The van der Waals surface area contributed by atoms with Gasteiger partial charge in [-0.1, -0.05) is 43.2 Å². The Balaban J connectivity index is 2.17. The minimum absolute atomic E-state index is 0.0325.